The molecule has 4 heteroatoms. The number of fused-ring (bicyclic) bond motifs is 1. The second-order valence-electron chi connectivity index (χ2n) is 5.56. The standard InChI is InChI=1S/C19H23NO3/c1-3-22-17-11-13-9-10-20-19(14-7-5-6-8-16(14)21)15(13)12-18(17)23-4-2/h5-8,11-12,19-21H,3-4,9-10H2,1-2H3/t19-/m1/s1. The lowest BCUT2D eigenvalue weighted by Crippen LogP contribution is -2.30. The number of benzene rings is 2. The van der Waals surface area contributed by atoms with Crippen LogP contribution >= 0.6 is 0 Å². The van der Waals surface area contributed by atoms with Gasteiger partial charge in [0.15, 0.2) is 11.5 Å². The van der Waals surface area contributed by atoms with Gasteiger partial charge in [-0.25, -0.2) is 0 Å². The first-order chi connectivity index (χ1) is 11.2. The maximum absolute atomic E-state index is 10.2. The predicted molar refractivity (Wildman–Crippen MR) is 90.4 cm³/mol. The molecule has 0 bridgehead atoms. The van der Waals surface area contributed by atoms with Gasteiger partial charge < -0.3 is 19.9 Å². The topological polar surface area (TPSA) is 50.7 Å². The van der Waals surface area contributed by atoms with Crippen LogP contribution < -0.4 is 14.8 Å². The number of aromatic hydroxyl groups is 1. The molecule has 2 aromatic carbocycles. The molecule has 0 radical (unpaired) electrons. The van der Waals surface area contributed by atoms with E-state index in [0.29, 0.717) is 19.0 Å². The summed E-state index contributed by atoms with van der Waals surface area (Å²) in [6, 6.07) is 11.6. The van der Waals surface area contributed by atoms with Crippen LogP contribution in [0.1, 0.15) is 36.6 Å². The van der Waals surface area contributed by atoms with Crippen molar-refractivity contribution >= 4 is 0 Å². The fourth-order valence-electron chi connectivity index (χ4n) is 3.11. The Morgan fingerprint density at radius 2 is 1.74 bits per heavy atom. The van der Waals surface area contributed by atoms with Gasteiger partial charge in [0.2, 0.25) is 0 Å². The third kappa shape index (κ3) is 3.13. The molecule has 3 rings (SSSR count). The molecule has 2 N–H and O–H groups in total. The van der Waals surface area contributed by atoms with Gasteiger partial charge in [0.25, 0.3) is 0 Å². The summed E-state index contributed by atoms with van der Waals surface area (Å²) in [5.74, 6) is 1.87. The van der Waals surface area contributed by atoms with Crippen molar-refractivity contribution in [1.29, 1.82) is 0 Å². The van der Waals surface area contributed by atoms with Crippen molar-refractivity contribution in [2.24, 2.45) is 0 Å². The van der Waals surface area contributed by atoms with Gasteiger partial charge in [-0.15, -0.1) is 0 Å². The van der Waals surface area contributed by atoms with E-state index in [1.807, 2.05) is 38.1 Å². The third-order valence-corrected chi connectivity index (χ3v) is 4.11. The second kappa shape index (κ2) is 6.92. The maximum atomic E-state index is 10.2. The number of ether oxygens (including phenoxy) is 2. The fraction of sp³-hybridized carbons (Fsp3) is 0.368. The van der Waals surface area contributed by atoms with Crippen molar-refractivity contribution in [1.82, 2.24) is 5.32 Å². The van der Waals surface area contributed by atoms with Gasteiger partial charge in [-0.2, -0.15) is 0 Å². The van der Waals surface area contributed by atoms with Gasteiger partial charge in [-0.3, -0.25) is 0 Å². The molecule has 0 spiro atoms. The molecule has 122 valence electrons. The van der Waals surface area contributed by atoms with Crippen molar-refractivity contribution in [3.63, 3.8) is 0 Å². The summed E-state index contributed by atoms with van der Waals surface area (Å²) < 4.78 is 11.5. The molecule has 23 heavy (non-hydrogen) atoms. The van der Waals surface area contributed by atoms with Gasteiger partial charge in [-0.05, 0) is 49.6 Å². The molecule has 1 aliphatic rings. The number of phenols is 1. The molecule has 0 fully saturated rings. The van der Waals surface area contributed by atoms with E-state index in [2.05, 4.69) is 11.4 Å². The highest BCUT2D eigenvalue weighted by Gasteiger charge is 2.25. The van der Waals surface area contributed by atoms with Gasteiger partial charge in [0.1, 0.15) is 5.75 Å². The van der Waals surface area contributed by atoms with Crippen LogP contribution in [0.15, 0.2) is 36.4 Å². The monoisotopic (exact) mass is 313 g/mol. The zero-order valence-electron chi connectivity index (χ0n) is 13.6. The van der Waals surface area contributed by atoms with Gasteiger partial charge in [-0.1, -0.05) is 18.2 Å². The van der Waals surface area contributed by atoms with Crippen LogP contribution in [0.2, 0.25) is 0 Å². The molecular formula is C19H23NO3. The van der Waals surface area contributed by atoms with Crippen LogP contribution in [0.4, 0.5) is 0 Å². The highest BCUT2D eigenvalue weighted by Crippen LogP contribution is 2.39. The van der Waals surface area contributed by atoms with Crippen molar-refractivity contribution in [3.8, 4) is 17.2 Å². The van der Waals surface area contributed by atoms with Crippen molar-refractivity contribution in [3.05, 3.63) is 53.1 Å². The number of para-hydroxylation sites is 1. The van der Waals surface area contributed by atoms with Crippen LogP contribution in [0.25, 0.3) is 0 Å². The SMILES string of the molecule is CCOc1cc2c(cc1OCC)[C@@H](c1ccccc1O)NCC2. The van der Waals surface area contributed by atoms with E-state index in [1.165, 1.54) is 5.56 Å². The fourth-order valence-corrected chi connectivity index (χ4v) is 3.11. The Bertz CT molecular complexity index is 684. The first-order valence-electron chi connectivity index (χ1n) is 8.18. The molecule has 1 heterocycles. The number of nitrogens with one attached hydrogen (secondary N) is 1. The molecule has 1 atom stereocenters. The van der Waals surface area contributed by atoms with Gasteiger partial charge >= 0.3 is 0 Å². The number of phenolic OH excluding ortho intramolecular Hbond substituents is 1. The molecule has 0 unspecified atom stereocenters. The molecule has 4 nitrogen and oxygen atoms in total. The van der Waals surface area contributed by atoms with Crippen LogP contribution in [0.5, 0.6) is 17.2 Å². The second-order valence-corrected chi connectivity index (χ2v) is 5.56. The summed E-state index contributed by atoms with van der Waals surface area (Å²) >= 11 is 0. The molecular weight excluding hydrogens is 290 g/mol. The van der Waals surface area contributed by atoms with E-state index >= 15 is 0 Å². The Morgan fingerprint density at radius 1 is 1.04 bits per heavy atom. The molecule has 0 aromatic heterocycles. The molecule has 0 amide bonds. The predicted octanol–water partition coefficient (Wildman–Crippen LogP) is 3.42. The van der Waals surface area contributed by atoms with Crippen molar-refractivity contribution < 1.29 is 14.6 Å². The molecule has 1 aliphatic heterocycles. The minimum Gasteiger partial charge on any atom is -0.508 e. The average Bonchev–Trinajstić information content (AvgIpc) is 2.56. The molecule has 2 aromatic rings. The van der Waals surface area contributed by atoms with E-state index in [4.69, 9.17) is 9.47 Å². The Morgan fingerprint density at radius 3 is 2.43 bits per heavy atom. The zero-order valence-corrected chi connectivity index (χ0v) is 13.6. The summed E-state index contributed by atoms with van der Waals surface area (Å²) in [4.78, 5) is 0. The Hall–Kier alpha value is -2.20. The summed E-state index contributed by atoms with van der Waals surface area (Å²) in [6.45, 7) is 6.01. The lowest BCUT2D eigenvalue weighted by atomic mass is 9.89. The number of hydrogen-bond donors (Lipinski definition) is 2. The summed E-state index contributed by atoms with van der Waals surface area (Å²) in [7, 11) is 0. The Labute approximate surface area is 137 Å². The Balaban J connectivity index is 2.07. The lowest BCUT2D eigenvalue weighted by molar-refractivity contribution is 0.286. The summed E-state index contributed by atoms with van der Waals surface area (Å²) in [6.07, 6.45) is 0.936. The minimum atomic E-state index is -0.0326. The molecule has 0 saturated heterocycles. The summed E-state index contributed by atoms with van der Waals surface area (Å²) in [5.41, 5.74) is 3.27. The quantitative estimate of drug-likeness (QED) is 0.888. The van der Waals surface area contributed by atoms with E-state index in [9.17, 15) is 5.11 Å². The highest BCUT2D eigenvalue weighted by molar-refractivity contribution is 5.53. The number of hydrogen-bond acceptors (Lipinski definition) is 4. The lowest BCUT2D eigenvalue weighted by Gasteiger charge is -2.29. The normalized spacial score (nSPS) is 16.7. The summed E-state index contributed by atoms with van der Waals surface area (Å²) in [5, 5.41) is 13.7. The third-order valence-electron chi connectivity index (χ3n) is 4.11. The van der Waals surface area contributed by atoms with E-state index in [1.54, 1.807) is 6.07 Å². The minimum absolute atomic E-state index is 0.0326. The van der Waals surface area contributed by atoms with Crippen LogP contribution in [0, 0.1) is 0 Å². The van der Waals surface area contributed by atoms with Crippen LogP contribution in [-0.4, -0.2) is 24.9 Å². The van der Waals surface area contributed by atoms with Gasteiger partial charge in [0.05, 0.1) is 19.3 Å². The van der Waals surface area contributed by atoms with Crippen LogP contribution in [-0.2, 0) is 6.42 Å². The first-order valence-corrected chi connectivity index (χ1v) is 8.18. The number of rotatable bonds is 5. The van der Waals surface area contributed by atoms with E-state index in [0.717, 1.165) is 35.6 Å². The van der Waals surface area contributed by atoms with Crippen LogP contribution in [0.3, 0.4) is 0 Å². The van der Waals surface area contributed by atoms with E-state index in [-0.39, 0.29) is 6.04 Å². The molecule has 0 saturated carbocycles. The first kappa shape index (κ1) is 15.7. The smallest absolute Gasteiger partial charge is 0.161 e. The van der Waals surface area contributed by atoms with Gasteiger partial charge in [0, 0.05) is 12.1 Å². The highest BCUT2D eigenvalue weighted by atomic mass is 16.5. The van der Waals surface area contributed by atoms with Crippen molar-refractivity contribution in [2.45, 2.75) is 26.3 Å². The Kier molecular flexibility index (Phi) is 4.72. The molecule has 0 aliphatic carbocycles. The largest absolute Gasteiger partial charge is 0.508 e. The van der Waals surface area contributed by atoms with E-state index < -0.39 is 0 Å². The average molecular weight is 313 g/mol. The maximum Gasteiger partial charge on any atom is 0.161 e. The zero-order chi connectivity index (χ0) is 16.2. The van der Waals surface area contributed by atoms with Crippen molar-refractivity contribution in [2.75, 3.05) is 19.8 Å².